The number of rotatable bonds is 6. The highest BCUT2D eigenvalue weighted by Crippen LogP contribution is 2.26. The fourth-order valence-electron chi connectivity index (χ4n) is 2.54. The summed E-state index contributed by atoms with van der Waals surface area (Å²) in [5, 5.41) is 15.3. The largest absolute Gasteiger partial charge is 0.480 e. The summed E-state index contributed by atoms with van der Waals surface area (Å²) >= 11 is 1.84. The van der Waals surface area contributed by atoms with Gasteiger partial charge in [0.05, 0.1) is 0 Å². The first-order chi connectivity index (χ1) is 9.47. The molecule has 0 aromatic heterocycles. The van der Waals surface area contributed by atoms with Gasteiger partial charge in [0.1, 0.15) is 6.04 Å². The summed E-state index contributed by atoms with van der Waals surface area (Å²) in [7, 11) is 0. The predicted molar refractivity (Wildman–Crippen MR) is 82.1 cm³/mol. The van der Waals surface area contributed by atoms with Crippen LogP contribution in [0.25, 0.3) is 0 Å². The van der Waals surface area contributed by atoms with Crippen molar-refractivity contribution in [2.75, 3.05) is 6.26 Å². The van der Waals surface area contributed by atoms with Crippen LogP contribution in [0.3, 0.4) is 0 Å². The average Bonchev–Trinajstić information content (AvgIpc) is 2.43. The molecular formula is C14H26N2O3S. The Morgan fingerprint density at radius 1 is 1.40 bits per heavy atom. The van der Waals surface area contributed by atoms with Gasteiger partial charge in [-0.05, 0) is 31.4 Å². The highest BCUT2D eigenvalue weighted by atomic mass is 32.2. The van der Waals surface area contributed by atoms with Crippen LogP contribution in [-0.4, -0.2) is 40.7 Å². The normalized spacial score (nSPS) is 25.6. The van der Waals surface area contributed by atoms with Gasteiger partial charge in [-0.2, -0.15) is 11.8 Å². The third-order valence-corrected chi connectivity index (χ3v) is 5.16. The summed E-state index contributed by atoms with van der Waals surface area (Å²) in [6, 6.07) is -1.02. The predicted octanol–water partition coefficient (Wildman–Crippen LogP) is 2.46. The third-order valence-electron chi connectivity index (χ3n) is 4.06. The molecule has 1 fully saturated rings. The molecule has 20 heavy (non-hydrogen) atoms. The number of hydrogen-bond donors (Lipinski definition) is 3. The van der Waals surface area contributed by atoms with E-state index >= 15 is 0 Å². The second-order valence-electron chi connectivity index (χ2n) is 5.54. The maximum Gasteiger partial charge on any atom is 0.326 e. The first-order valence-corrected chi connectivity index (χ1v) is 8.59. The Morgan fingerprint density at radius 2 is 2.10 bits per heavy atom. The molecule has 0 aliphatic heterocycles. The molecule has 0 aromatic carbocycles. The number of amides is 2. The Balaban J connectivity index is 2.47. The molecule has 116 valence electrons. The van der Waals surface area contributed by atoms with Crippen molar-refractivity contribution in [3.63, 3.8) is 0 Å². The summed E-state index contributed by atoms with van der Waals surface area (Å²) in [5.74, 6) is -1.05. The lowest BCUT2D eigenvalue weighted by molar-refractivity contribution is -0.140. The van der Waals surface area contributed by atoms with Crippen molar-refractivity contribution in [3.8, 4) is 0 Å². The summed E-state index contributed by atoms with van der Waals surface area (Å²) in [4.78, 5) is 23.1. The third kappa shape index (κ3) is 5.23. The summed E-state index contributed by atoms with van der Waals surface area (Å²) < 4.78 is 0. The standard InChI is InChI=1S/C14H26N2O3S/c1-4-9(2)12(13(17)18)16-14(19)15-10-6-5-7-11(8-10)20-3/h9-12H,4-8H2,1-3H3,(H,17,18)(H2,15,16,19)/t9?,10?,11?,12-/m0/s1. The van der Waals surface area contributed by atoms with Gasteiger partial charge in [0.15, 0.2) is 0 Å². The molecule has 6 heteroatoms. The number of hydrogen-bond acceptors (Lipinski definition) is 3. The van der Waals surface area contributed by atoms with Crippen LogP contribution in [0.1, 0.15) is 46.0 Å². The van der Waals surface area contributed by atoms with Crippen LogP contribution < -0.4 is 10.6 Å². The summed E-state index contributed by atoms with van der Waals surface area (Å²) in [5.41, 5.74) is 0. The van der Waals surface area contributed by atoms with Gasteiger partial charge < -0.3 is 15.7 Å². The molecule has 4 atom stereocenters. The van der Waals surface area contributed by atoms with Gasteiger partial charge in [-0.1, -0.05) is 26.7 Å². The molecular weight excluding hydrogens is 276 g/mol. The van der Waals surface area contributed by atoms with Crippen LogP contribution in [0.15, 0.2) is 0 Å². The molecule has 3 N–H and O–H groups in total. The fourth-order valence-corrected chi connectivity index (χ4v) is 3.37. The fraction of sp³-hybridized carbons (Fsp3) is 0.857. The van der Waals surface area contributed by atoms with Crippen molar-refractivity contribution in [3.05, 3.63) is 0 Å². The van der Waals surface area contributed by atoms with Crippen LogP contribution >= 0.6 is 11.8 Å². The zero-order chi connectivity index (χ0) is 15.1. The van der Waals surface area contributed by atoms with E-state index < -0.39 is 12.0 Å². The van der Waals surface area contributed by atoms with E-state index in [1.807, 2.05) is 25.6 Å². The lowest BCUT2D eigenvalue weighted by Crippen LogP contribution is -2.52. The number of carboxylic acid groups (broad SMARTS) is 1. The van der Waals surface area contributed by atoms with Crippen molar-refractivity contribution < 1.29 is 14.7 Å². The highest BCUT2D eigenvalue weighted by molar-refractivity contribution is 7.99. The van der Waals surface area contributed by atoms with E-state index in [-0.39, 0.29) is 18.0 Å². The van der Waals surface area contributed by atoms with Crippen LogP contribution in [0.5, 0.6) is 0 Å². The molecule has 3 unspecified atom stereocenters. The second-order valence-corrected chi connectivity index (χ2v) is 6.68. The Kier molecular flexibility index (Phi) is 7.19. The van der Waals surface area contributed by atoms with Crippen molar-refractivity contribution in [1.29, 1.82) is 0 Å². The molecule has 0 bridgehead atoms. The molecule has 2 amide bonds. The van der Waals surface area contributed by atoms with Gasteiger partial charge in [0, 0.05) is 11.3 Å². The number of carbonyl (C=O) groups excluding carboxylic acids is 1. The summed E-state index contributed by atoms with van der Waals surface area (Å²) in [6.45, 7) is 3.76. The Labute approximate surface area is 125 Å². The van der Waals surface area contributed by atoms with E-state index in [0.717, 1.165) is 25.7 Å². The molecule has 0 spiro atoms. The van der Waals surface area contributed by atoms with Crippen LogP contribution in [0, 0.1) is 5.92 Å². The average molecular weight is 302 g/mol. The van der Waals surface area contributed by atoms with E-state index in [4.69, 9.17) is 5.11 Å². The van der Waals surface area contributed by atoms with Crippen molar-refractivity contribution in [2.45, 2.75) is 63.3 Å². The molecule has 5 nitrogen and oxygen atoms in total. The highest BCUT2D eigenvalue weighted by Gasteiger charge is 2.27. The van der Waals surface area contributed by atoms with Crippen LogP contribution in [-0.2, 0) is 4.79 Å². The van der Waals surface area contributed by atoms with Gasteiger partial charge >= 0.3 is 12.0 Å². The first-order valence-electron chi connectivity index (χ1n) is 7.30. The molecule has 0 saturated heterocycles. The minimum Gasteiger partial charge on any atom is -0.480 e. The van der Waals surface area contributed by atoms with Gasteiger partial charge in [-0.3, -0.25) is 0 Å². The number of thioether (sulfide) groups is 1. The van der Waals surface area contributed by atoms with Crippen molar-refractivity contribution in [2.24, 2.45) is 5.92 Å². The van der Waals surface area contributed by atoms with Gasteiger partial charge in [0.25, 0.3) is 0 Å². The zero-order valence-corrected chi connectivity index (χ0v) is 13.3. The minimum absolute atomic E-state index is 0.0800. The van der Waals surface area contributed by atoms with E-state index in [9.17, 15) is 9.59 Å². The Bertz CT molecular complexity index is 338. The van der Waals surface area contributed by atoms with Gasteiger partial charge in [0.2, 0.25) is 0 Å². The second kappa shape index (κ2) is 8.39. The number of nitrogens with one attached hydrogen (secondary N) is 2. The van der Waals surface area contributed by atoms with E-state index in [1.54, 1.807) is 0 Å². The number of urea groups is 1. The smallest absolute Gasteiger partial charge is 0.326 e. The Hall–Kier alpha value is -0.910. The van der Waals surface area contributed by atoms with E-state index in [1.165, 1.54) is 6.42 Å². The quantitative estimate of drug-likeness (QED) is 0.704. The maximum absolute atomic E-state index is 11.9. The molecule has 1 aliphatic carbocycles. The van der Waals surface area contributed by atoms with Crippen LogP contribution in [0.4, 0.5) is 4.79 Å². The molecule has 1 rings (SSSR count). The maximum atomic E-state index is 11.9. The first kappa shape index (κ1) is 17.1. The minimum atomic E-state index is -0.972. The molecule has 0 heterocycles. The monoisotopic (exact) mass is 302 g/mol. The van der Waals surface area contributed by atoms with Crippen molar-refractivity contribution >= 4 is 23.8 Å². The summed E-state index contributed by atoms with van der Waals surface area (Å²) in [6.07, 6.45) is 7.07. The number of aliphatic carboxylic acids is 1. The lowest BCUT2D eigenvalue weighted by atomic mass is 9.95. The molecule has 1 saturated carbocycles. The zero-order valence-electron chi connectivity index (χ0n) is 12.5. The topological polar surface area (TPSA) is 78.4 Å². The molecule has 0 radical (unpaired) electrons. The van der Waals surface area contributed by atoms with E-state index in [2.05, 4.69) is 16.9 Å². The van der Waals surface area contributed by atoms with Crippen LogP contribution in [0.2, 0.25) is 0 Å². The Morgan fingerprint density at radius 3 is 2.65 bits per heavy atom. The number of carbonyl (C=O) groups is 2. The van der Waals surface area contributed by atoms with Crippen molar-refractivity contribution in [1.82, 2.24) is 10.6 Å². The SMILES string of the molecule is CCC(C)[C@H](NC(=O)NC1CCCC(SC)C1)C(=O)O. The lowest BCUT2D eigenvalue weighted by Gasteiger charge is -2.29. The van der Waals surface area contributed by atoms with E-state index in [0.29, 0.717) is 5.25 Å². The van der Waals surface area contributed by atoms with Gasteiger partial charge in [-0.25, -0.2) is 9.59 Å². The number of carboxylic acids is 1. The molecule has 1 aliphatic rings. The van der Waals surface area contributed by atoms with Gasteiger partial charge in [-0.15, -0.1) is 0 Å². The molecule has 0 aromatic rings.